The molecule has 0 radical (unpaired) electrons. The summed E-state index contributed by atoms with van der Waals surface area (Å²) in [4.78, 5) is 0. The molecule has 0 heterocycles. The Balaban J connectivity index is 2.36. The molecule has 0 fully saturated rings. The fourth-order valence-corrected chi connectivity index (χ4v) is 17.1. The fraction of sp³-hybridized carbons (Fsp3) is 0.590. The Morgan fingerprint density at radius 2 is 1.32 bits per heavy atom. The summed E-state index contributed by atoms with van der Waals surface area (Å²) in [7, 11) is -1.75. The topological polar surface area (TPSA) is 18.5 Å². The lowest BCUT2D eigenvalue weighted by Crippen LogP contribution is -2.67. The highest BCUT2D eigenvalue weighted by Gasteiger charge is 2.51. The van der Waals surface area contributed by atoms with E-state index in [-0.39, 0.29) is 17.2 Å². The van der Waals surface area contributed by atoms with Gasteiger partial charge in [-0.25, -0.2) is 0 Å². The minimum absolute atomic E-state index is 0.0397. The molecule has 2 nitrogen and oxygen atoms in total. The van der Waals surface area contributed by atoms with Crippen LogP contribution in [0.15, 0.2) is 82.5 Å². The molecule has 0 N–H and O–H groups in total. The monoisotopic (exact) mass is 749 g/mol. The smallest absolute Gasteiger partial charge is 0.261 e. The van der Waals surface area contributed by atoms with Crippen molar-refractivity contribution in [1.82, 2.24) is 0 Å². The molecule has 0 aliphatic rings. The van der Waals surface area contributed by atoms with Crippen LogP contribution in [0.1, 0.15) is 99.8 Å². The van der Waals surface area contributed by atoms with Crippen molar-refractivity contribution in [2.75, 3.05) is 31.8 Å². The number of halogens is 1. The van der Waals surface area contributed by atoms with Gasteiger partial charge in [-0.3, -0.25) is 0 Å². The molecule has 0 amide bonds. The average Bonchev–Trinajstić information content (AvgIpc) is 3.02. The van der Waals surface area contributed by atoms with Gasteiger partial charge in [-0.2, -0.15) is 0 Å². The summed E-state index contributed by atoms with van der Waals surface area (Å²) in [6.07, 6.45) is 20.4. The summed E-state index contributed by atoms with van der Waals surface area (Å²) in [5, 5.41) is 2.58. The van der Waals surface area contributed by atoms with Gasteiger partial charge in [0, 0.05) is 20.8 Å². The number of allylic oxidation sites excluding steroid dienone is 1. The highest BCUT2D eigenvalue weighted by atomic mass is 127. The van der Waals surface area contributed by atoms with Crippen LogP contribution in [0.3, 0.4) is 0 Å². The van der Waals surface area contributed by atoms with Gasteiger partial charge in [-0.15, -0.1) is 0 Å². The number of unbranched alkanes of at least 4 members (excludes halogenated alkanes) is 3. The molecular formula is C39H63IO2PSi+. The van der Waals surface area contributed by atoms with E-state index in [2.05, 4.69) is 148 Å². The van der Waals surface area contributed by atoms with Crippen LogP contribution in [0.25, 0.3) is 0 Å². The Morgan fingerprint density at radius 3 is 1.70 bits per heavy atom. The highest BCUT2D eigenvalue weighted by molar-refractivity contribution is 14.1. The second-order valence-electron chi connectivity index (χ2n) is 13.7. The Kier molecular flexibility index (Phi) is 18.3. The highest BCUT2D eigenvalue weighted by Crippen LogP contribution is 2.61. The quantitative estimate of drug-likeness (QED) is 0.0548. The number of hydrogen-bond acceptors (Lipinski definition) is 2. The Morgan fingerprint density at radius 1 is 0.841 bits per heavy atom. The lowest BCUT2D eigenvalue weighted by atomic mass is 10.1. The van der Waals surface area contributed by atoms with E-state index in [1.807, 2.05) is 7.11 Å². The number of ether oxygens (including phenoxy) is 1. The Bertz CT molecular complexity index is 1030. The molecule has 0 aromatic heterocycles. The van der Waals surface area contributed by atoms with Crippen LogP contribution in [-0.4, -0.2) is 52.3 Å². The van der Waals surface area contributed by atoms with Crippen molar-refractivity contribution in [2.45, 2.75) is 117 Å². The number of rotatable bonds is 21. The van der Waals surface area contributed by atoms with E-state index in [1.165, 1.54) is 73.5 Å². The summed E-state index contributed by atoms with van der Waals surface area (Å²) in [6.45, 7) is 16.5. The summed E-state index contributed by atoms with van der Waals surface area (Å²) in [5.41, 5.74) is 1.58. The minimum atomic E-state index is -2.67. The number of hydrogen-bond donors (Lipinski definition) is 0. The number of methoxy groups -OCH3 is 1. The normalized spacial score (nSPS) is 14.7. The van der Waals surface area contributed by atoms with E-state index in [0.29, 0.717) is 0 Å². The zero-order chi connectivity index (χ0) is 32.5. The third kappa shape index (κ3) is 11.8. The zero-order valence-electron chi connectivity index (χ0n) is 29.3. The standard InChI is InChI=1S/C39H63IO2PSi/c1-9-12-29-43(30-13-10-2,31-14-11-3)33-34(4)25-26-35(41-8)32-36(27-28-40)42-44(39(5,6)7,37-21-17-15-18-22-37)38-23-19-16-20-24-38/h15-25,27-28,35-36H,9-14,26,29-33H2,1-8H3/q+1/b28-27+,34-25-/t35-,36+/m0/s1. The first kappa shape index (κ1) is 39.4. The van der Waals surface area contributed by atoms with Crippen molar-refractivity contribution in [3.63, 3.8) is 0 Å². The average molecular weight is 750 g/mol. The van der Waals surface area contributed by atoms with Crippen molar-refractivity contribution in [1.29, 1.82) is 0 Å². The molecule has 0 aliphatic carbocycles. The first-order chi connectivity index (χ1) is 21.1. The van der Waals surface area contributed by atoms with Gasteiger partial charge in [0.2, 0.25) is 0 Å². The van der Waals surface area contributed by atoms with Crippen LogP contribution in [0.5, 0.6) is 0 Å². The second kappa shape index (κ2) is 20.5. The summed E-state index contributed by atoms with van der Waals surface area (Å²) >= 11 is 2.35. The molecule has 0 spiro atoms. The van der Waals surface area contributed by atoms with E-state index in [0.717, 1.165) is 12.8 Å². The third-order valence-corrected chi connectivity index (χ3v) is 19.6. The molecule has 5 heteroatoms. The molecule has 0 aliphatic heterocycles. The van der Waals surface area contributed by atoms with E-state index in [9.17, 15) is 0 Å². The summed E-state index contributed by atoms with van der Waals surface area (Å²) in [6, 6.07) is 22.0. The summed E-state index contributed by atoms with van der Waals surface area (Å²) in [5.74, 6) is 0. The molecular weight excluding hydrogens is 686 g/mol. The van der Waals surface area contributed by atoms with E-state index in [4.69, 9.17) is 9.16 Å². The van der Waals surface area contributed by atoms with Crippen LogP contribution in [0.4, 0.5) is 0 Å². The van der Waals surface area contributed by atoms with Crippen LogP contribution < -0.4 is 10.4 Å². The molecule has 0 unspecified atom stereocenters. The van der Waals surface area contributed by atoms with Gasteiger partial charge in [0.1, 0.15) is 0 Å². The maximum Gasteiger partial charge on any atom is 0.261 e. The molecule has 2 aromatic carbocycles. The van der Waals surface area contributed by atoms with Crippen LogP contribution in [-0.2, 0) is 9.16 Å². The third-order valence-electron chi connectivity index (χ3n) is 9.13. The van der Waals surface area contributed by atoms with E-state index in [1.54, 1.807) is 5.57 Å². The molecule has 246 valence electrons. The van der Waals surface area contributed by atoms with Crippen LogP contribution in [0.2, 0.25) is 5.04 Å². The zero-order valence-corrected chi connectivity index (χ0v) is 33.3. The molecule has 44 heavy (non-hydrogen) atoms. The van der Waals surface area contributed by atoms with E-state index < -0.39 is 15.6 Å². The fourth-order valence-electron chi connectivity index (χ4n) is 6.69. The number of benzene rings is 2. The first-order valence-electron chi connectivity index (χ1n) is 17.2. The van der Waals surface area contributed by atoms with Crippen molar-refractivity contribution in [2.24, 2.45) is 0 Å². The predicted molar refractivity (Wildman–Crippen MR) is 211 cm³/mol. The molecule has 2 rings (SSSR count). The molecule has 0 bridgehead atoms. The van der Waals surface area contributed by atoms with Gasteiger partial charge in [0.25, 0.3) is 8.32 Å². The molecule has 0 saturated carbocycles. The Hall–Kier alpha value is -0.783. The van der Waals surface area contributed by atoms with Crippen molar-refractivity contribution in [3.8, 4) is 0 Å². The second-order valence-corrected chi connectivity index (χ2v) is 23.1. The maximum atomic E-state index is 7.52. The van der Waals surface area contributed by atoms with Gasteiger partial charge in [-0.1, -0.05) is 156 Å². The predicted octanol–water partition coefficient (Wildman–Crippen LogP) is 11.0. The molecule has 0 saturated heterocycles. The van der Waals surface area contributed by atoms with Crippen LogP contribution in [0, 0.1) is 0 Å². The van der Waals surface area contributed by atoms with Gasteiger partial charge >= 0.3 is 0 Å². The maximum absolute atomic E-state index is 7.52. The van der Waals surface area contributed by atoms with Gasteiger partial charge in [0.15, 0.2) is 0 Å². The van der Waals surface area contributed by atoms with Crippen LogP contribution >= 0.6 is 29.9 Å². The largest absolute Gasteiger partial charge is 0.401 e. The van der Waals surface area contributed by atoms with Crippen molar-refractivity contribution in [3.05, 3.63) is 82.5 Å². The van der Waals surface area contributed by atoms with Gasteiger partial charge in [-0.05, 0) is 57.7 Å². The summed E-state index contributed by atoms with van der Waals surface area (Å²) < 4.78 is 15.8. The molecule has 2 aromatic rings. The lowest BCUT2D eigenvalue weighted by molar-refractivity contribution is 0.0660. The first-order valence-corrected chi connectivity index (χ1v) is 22.9. The van der Waals surface area contributed by atoms with Crippen molar-refractivity contribution >= 4 is 48.5 Å². The van der Waals surface area contributed by atoms with Gasteiger partial charge < -0.3 is 9.16 Å². The minimum Gasteiger partial charge on any atom is -0.401 e. The lowest BCUT2D eigenvalue weighted by Gasteiger charge is -2.45. The van der Waals surface area contributed by atoms with Gasteiger partial charge in [0.05, 0.1) is 36.9 Å². The Labute approximate surface area is 287 Å². The molecule has 2 atom stereocenters. The van der Waals surface area contributed by atoms with Crippen molar-refractivity contribution < 1.29 is 9.16 Å². The van der Waals surface area contributed by atoms with E-state index >= 15 is 0 Å². The SMILES string of the molecule is CCCC[P+](CCCC)(CCCC)C/C(C)=C\C[C@@H](C[C@@H](/C=C/I)O[Si](c1ccccc1)(c1ccccc1)C(C)(C)C)OC.